The highest BCUT2D eigenvalue weighted by molar-refractivity contribution is 8.18. The van der Waals surface area contributed by atoms with Crippen molar-refractivity contribution in [3.8, 4) is 5.75 Å². The summed E-state index contributed by atoms with van der Waals surface area (Å²) >= 11 is 7.91. The van der Waals surface area contributed by atoms with Crippen molar-refractivity contribution < 1.29 is 9.53 Å². The number of halogens is 1. The predicted octanol–water partition coefficient (Wildman–Crippen LogP) is 7.59. The van der Waals surface area contributed by atoms with E-state index in [1.165, 1.54) is 11.8 Å². The Hall–Kier alpha value is -3.80. The van der Waals surface area contributed by atoms with Gasteiger partial charge in [0.25, 0.3) is 5.91 Å². The van der Waals surface area contributed by atoms with Crippen molar-refractivity contribution in [1.82, 2.24) is 4.90 Å². The van der Waals surface area contributed by atoms with Crippen molar-refractivity contribution in [1.29, 1.82) is 0 Å². The van der Waals surface area contributed by atoms with Crippen molar-refractivity contribution in [3.05, 3.63) is 141 Å². The lowest BCUT2D eigenvalue weighted by atomic mass is 10.2. The number of ether oxygens (including phenoxy) is 1. The third-order valence-electron chi connectivity index (χ3n) is 5.80. The van der Waals surface area contributed by atoms with Crippen LogP contribution in [0.2, 0.25) is 5.02 Å². The molecule has 0 unspecified atom stereocenters. The van der Waals surface area contributed by atoms with E-state index in [1.54, 1.807) is 4.90 Å². The van der Waals surface area contributed by atoms with Crippen molar-refractivity contribution in [2.24, 2.45) is 4.99 Å². The average Bonchev–Trinajstić information content (AvgIpc) is 3.22. The molecule has 1 fully saturated rings. The van der Waals surface area contributed by atoms with E-state index in [1.807, 2.05) is 115 Å². The Bertz CT molecular complexity index is 1420. The quantitative estimate of drug-likeness (QED) is 0.223. The number of hydrogen-bond donors (Lipinski definition) is 0. The van der Waals surface area contributed by atoms with E-state index in [2.05, 4.69) is 0 Å². The van der Waals surface area contributed by atoms with Gasteiger partial charge in [-0.2, -0.15) is 0 Å². The maximum Gasteiger partial charge on any atom is 0.267 e. The van der Waals surface area contributed by atoms with Crippen LogP contribution in [0.5, 0.6) is 5.75 Å². The SMILES string of the molecule is O=C1/C(=C\c2ccc(OCc3ccccc3)c(Cl)c2)SC(=NCc2ccccc2)N1Cc1ccccc1. The number of amides is 1. The lowest BCUT2D eigenvalue weighted by Gasteiger charge is -2.15. The Kier molecular flexibility index (Phi) is 8.04. The first-order valence-corrected chi connectivity index (χ1v) is 13.1. The van der Waals surface area contributed by atoms with Crippen LogP contribution in [0.15, 0.2) is 119 Å². The third kappa shape index (κ3) is 6.50. The average molecular weight is 525 g/mol. The first-order chi connectivity index (χ1) is 18.2. The summed E-state index contributed by atoms with van der Waals surface area (Å²) in [4.78, 5) is 20.6. The van der Waals surface area contributed by atoms with E-state index in [4.69, 9.17) is 21.3 Å². The summed E-state index contributed by atoms with van der Waals surface area (Å²) < 4.78 is 5.89. The van der Waals surface area contributed by atoms with Crippen molar-refractivity contribution in [2.45, 2.75) is 19.7 Å². The zero-order valence-electron chi connectivity index (χ0n) is 20.1. The molecular formula is C31H25ClN2O2S. The van der Waals surface area contributed by atoms with Crippen LogP contribution in [-0.2, 0) is 24.5 Å². The number of benzene rings is 4. The van der Waals surface area contributed by atoms with Crippen LogP contribution in [0.3, 0.4) is 0 Å². The summed E-state index contributed by atoms with van der Waals surface area (Å²) in [5.41, 5.74) is 4.04. The predicted molar refractivity (Wildman–Crippen MR) is 152 cm³/mol. The van der Waals surface area contributed by atoms with Gasteiger partial charge in [0.15, 0.2) is 5.17 Å². The largest absolute Gasteiger partial charge is 0.487 e. The van der Waals surface area contributed by atoms with E-state index in [9.17, 15) is 4.79 Å². The summed E-state index contributed by atoms with van der Waals surface area (Å²) in [6.45, 7) is 1.41. The maximum absolute atomic E-state index is 13.4. The van der Waals surface area contributed by atoms with Gasteiger partial charge in [-0.1, -0.05) is 109 Å². The number of amidine groups is 1. The van der Waals surface area contributed by atoms with Crippen LogP contribution in [0.1, 0.15) is 22.3 Å². The molecule has 0 radical (unpaired) electrons. The fraction of sp³-hybridized carbons (Fsp3) is 0.0968. The monoisotopic (exact) mass is 524 g/mol. The molecule has 0 spiro atoms. The van der Waals surface area contributed by atoms with Crippen molar-refractivity contribution >= 4 is 40.5 Å². The number of nitrogens with zero attached hydrogens (tertiary/aromatic N) is 2. The molecule has 1 saturated heterocycles. The minimum atomic E-state index is -0.0683. The molecule has 0 N–H and O–H groups in total. The third-order valence-corrected chi connectivity index (χ3v) is 7.14. The number of aliphatic imine (C=N–C) groups is 1. The molecule has 5 rings (SSSR count). The Labute approximate surface area is 226 Å². The molecule has 0 atom stereocenters. The highest BCUT2D eigenvalue weighted by Gasteiger charge is 2.33. The molecule has 4 aromatic rings. The zero-order chi connectivity index (χ0) is 25.5. The molecule has 6 heteroatoms. The second kappa shape index (κ2) is 12.0. The molecule has 37 heavy (non-hydrogen) atoms. The van der Waals surface area contributed by atoms with Gasteiger partial charge in [0, 0.05) is 0 Å². The van der Waals surface area contributed by atoms with Crippen LogP contribution in [0, 0.1) is 0 Å². The van der Waals surface area contributed by atoms with E-state index < -0.39 is 0 Å². The van der Waals surface area contributed by atoms with Gasteiger partial charge in [0.2, 0.25) is 0 Å². The minimum Gasteiger partial charge on any atom is -0.487 e. The van der Waals surface area contributed by atoms with E-state index >= 15 is 0 Å². The molecule has 1 heterocycles. The van der Waals surface area contributed by atoms with Gasteiger partial charge in [-0.15, -0.1) is 0 Å². The topological polar surface area (TPSA) is 41.9 Å². The first kappa shape index (κ1) is 24.9. The summed E-state index contributed by atoms with van der Waals surface area (Å²) in [7, 11) is 0. The van der Waals surface area contributed by atoms with Gasteiger partial charge in [0.05, 0.1) is 23.0 Å². The number of thioether (sulfide) groups is 1. The fourth-order valence-electron chi connectivity index (χ4n) is 3.88. The number of carbonyl (C=O) groups is 1. The molecule has 184 valence electrons. The second-order valence-electron chi connectivity index (χ2n) is 8.54. The van der Waals surface area contributed by atoms with Gasteiger partial charge < -0.3 is 4.74 Å². The summed E-state index contributed by atoms with van der Waals surface area (Å²) in [6, 6.07) is 35.5. The fourth-order valence-corrected chi connectivity index (χ4v) is 5.10. The first-order valence-electron chi connectivity index (χ1n) is 12.0. The second-order valence-corrected chi connectivity index (χ2v) is 9.95. The van der Waals surface area contributed by atoms with Crippen molar-refractivity contribution in [2.75, 3.05) is 0 Å². The number of rotatable bonds is 8. The summed E-state index contributed by atoms with van der Waals surface area (Å²) in [5, 5.41) is 1.19. The van der Waals surface area contributed by atoms with E-state index in [0.717, 1.165) is 22.3 Å². The molecule has 1 aliphatic heterocycles. The summed E-state index contributed by atoms with van der Waals surface area (Å²) in [6.07, 6.45) is 1.86. The molecule has 4 nitrogen and oxygen atoms in total. The molecule has 0 saturated carbocycles. The highest BCUT2D eigenvalue weighted by Crippen LogP contribution is 2.35. The molecule has 1 amide bonds. The molecule has 4 aromatic carbocycles. The van der Waals surface area contributed by atoms with Gasteiger partial charge in [-0.3, -0.25) is 14.7 Å². The Balaban J connectivity index is 1.36. The molecule has 0 bridgehead atoms. The van der Waals surface area contributed by atoms with Gasteiger partial charge in [-0.05, 0) is 52.2 Å². The lowest BCUT2D eigenvalue weighted by Crippen LogP contribution is -2.28. The molecule has 1 aliphatic rings. The normalized spacial score (nSPS) is 15.5. The molecule has 0 aliphatic carbocycles. The maximum atomic E-state index is 13.4. The van der Waals surface area contributed by atoms with Crippen molar-refractivity contribution in [3.63, 3.8) is 0 Å². The van der Waals surface area contributed by atoms with Gasteiger partial charge in [-0.25, -0.2) is 0 Å². The Morgan fingerprint density at radius 1 is 0.811 bits per heavy atom. The minimum absolute atomic E-state index is 0.0683. The number of carbonyl (C=O) groups excluding carboxylic acids is 1. The van der Waals surface area contributed by atoms with Gasteiger partial charge in [0.1, 0.15) is 12.4 Å². The van der Waals surface area contributed by atoms with Crippen LogP contribution < -0.4 is 4.74 Å². The van der Waals surface area contributed by atoms with Crippen LogP contribution in [-0.4, -0.2) is 16.0 Å². The number of hydrogen-bond acceptors (Lipinski definition) is 4. The smallest absolute Gasteiger partial charge is 0.267 e. The Morgan fingerprint density at radius 3 is 2.08 bits per heavy atom. The standard InChI is InChI=1S/C31H25ClN2O2S/c32-27-18-26(16-17-28(27)36-22-25-14-8-3-9-15-25)19-29-30(35)34(21-24-12-6-2-7-13-24)31(37-29)33-20-23-10-4-1-5-11-23/h1-19H,20-22H2/b29-19+,33-31?. The molecular weight excluding hydrogens is 500 g/mol. The Morgan fingerprint density at radius 2 is 1.43 bits per heavy atom. The van der Waals surface area contributed by atoms with Crippen LogP contribution in [0.25, 0.3) is 6.08 Å². The lowest BCUT2D eigenvalue weighted by molar-refractivity contribution is -0.122. The molecule has 0 aromatic heterocycles. The van der Waals surface area contributed by atoms with E-state index in [-0.39, 0.29) is 5.91 Å². The zero-order valence-corrected chi connectivity index (χ0v) is 21.7. The van der Waals surface area contributed by atoms with Gasteiger partial charge >= 0.3 is 0 Å². The van der Waals surface area contributed by atoms with Crippen LogP contribution >= 0.6 is 23.4 Å². The van der Waals surface area contributed by atoms with Crippen LogP contribution in [0.4, 0.5) is 0 Å². The highest BCUT2D eigenvalue weighted by atomic mass is 35.5. The summed E-state index contributed by atoms with van der Waals surface area (Å²) in [5.74, 6) is 0.537. The van der Waals surface area contributed by atoms with E-state index in [0.29, 0.717) is 40.5 Å².